The average molecular weight is 211 g/mol. The third kappa shape index (κ3) is 3.01. The number of thioether (sulfide) groups is 1. The van der Waals surface area contributed by atoms with Gasteiger partial charge in [0.2, 0.25) is 0 Å². The predicted molar refractivity (Wildman–Crippen MR) is 64.2 cm³/mol. The lowest BCUT2D eigenvalue weighted by molar-refractivity contribution is 1.37. The molecule has 1 aromatic carbocycles. The summed E-state index contributed by atoms with van der Waals surface area (Å²) in [5.41, 5.74) is 7.86. The lowest BCUT2D eigenvalue weighted by Gasteiger charge is -2.06. The standard InChI is InChI=1S/C10H13NS2/c1-2-13-7-8-5-3-4-6-9(8)10(11)12/h3-6H,2,7H2,1H3,(H2,11,12). The molecule has 0 bridgehead atoms. The number of nitrogens with two attached hydrogens (primary N) is 1. The van der Waals surface area contributed by atoms with Gasteiger partial charge in [-0.25, -0.2) is 0 Å². The molecule has 0 heterocycles. The van der Waals surface area contributed by atoms with Gasteiger partial charge in [-0.15, -0.1) is 0 Å². The lowest BCUT2D eigenvalue weighted by atomic mass is 10.1. The molecule has 0 radical (unpaired) electrons. The van der Waals surface area contributed by atoms with Crippen LogP contribution in [0.25, 0.3) is 0 Å². The number of hydrogen-bond donors (Lipinski definition) is 1. The van der Waals surface area contributed by atoms with E-state index in [0.29, 0.717) is 4.99 Å². The van der Waals surface area contributed by atoms with E-state index in [9.17, 15) is 0 Å². The van der Waals surface area contributed by atoms with Crippen LogP contribution in [-0.4, -0.2) is 10.7 Å². The Balaban J connectivity index is 2.84. The monoisotopic (exact) mass is 211 g/mol. The van der Waals surface area contributed by atoms with Crippen molar-refractivity contribution in [1.29, 1.82) is 0 Å². The number of hydrogen-bond acceptors (Lipinski definition) is 2. The highest BCUT2D eigenvalue weighted by Gasteiger charge is 2.02. The molecule has 1 aromatic rings. The van der Waals surface area contributed by atoms with Crippen LogP contribution >= 0.6 is 24.0 Å². The maximum Gasteiger partial charge on any atom is 0.104 e. The third-order valence-electron chi connectivity index (χ3n) is 1.74. The van der Waals surface area contributed by atoms with E-state index in [1.165, 1.54) is 5.56 Å². The quantitative estimate of drug-likeness (QED) is 0.775. The van der Waals surface area contributed by atoms with Crippen LogP contribution in [0.1, 0.15) is 18.1 Å². The lowest BCUT2D eigenvalue weighted by Crippen LogP contribution is -2.11. The summed E-state index contributed by atoms with van der Waals surface area (Å²) in [4.78, 5) is 0.493. The largest absolute Gasteiger partial charge is 0.389 e. The maximum absolute atomic E-state index is 5.61. The van der Waals surface area contributed by atoms with E-state index in [2.05, 4.69) is 13.0 Å². The molecule has 0 aliphatic carbocycles. The zero-order valence-electron chi connectivity index (χ0n) is 7.62. The smallest absolute Gasteiger partial charge is 0.104 e. The SMILES string of the molecule is CCSCc1ccccc1C(N)=S. The molecule has 0 saturated heterocycles. The summed E-state index contributed by atoms with van der Waals surface area (Å²) in [5, 5.41) is 0. The maximum atomic E-state index is 5.61. The second-order valence-electron chi connectivity index (χ2n) is 2.66. The number of thiocarbonyl (C=S) groups is 1. The molecule has 0 aliphatic heterocycles. The molecule has 0 saturated carbocycles. The average Bonchev–Trinajstić information content (AvgIpc) is 2.15. The van der Waals surface area contributed by atoms with Crippen LogP contribution in [0.4, 0.5) is 0 Å². The van der Waals surface area contributed by atoms with Gasteiger partial charge in [-0.2, -0.15) is 11.8 Å². The van der Waals surface area contributed by atoms with Gasteiger partial charge in [0.15, 0.2) is 0 Å². The van der Waals surface area contributed by atoms with Crippen LogP contribution in [0.5, 0.6) is 0 Å². The highest BCUT2D eigenvalue weighted by Crippen LogP contribution is 2.16. The van der Waals surface area contributed by atoms with E-state index in [1.807, 2.05) is 30.0 Å². The van der Waals surface area contributed by atoms with Crippen LogP contribution in [0.15, 0.2) is 24.3 Å². The first kappa shape index (κ1) is 10.5. The second-order valence-corrected chi connectivity index (χ2v) is 4.37. The zero-order chi connectivity index (χ0) is 9.68. The van der Waals surface area contributed by atoms with Crippen LogP contribution < -0.4 is 5.73 Å². The van der Waals surface area contributed by atoms with Crippen molar-refractivity contribution in [2.75, 3.05) is 5.75 Å². The van der Waals surface area contributed by atoms with Gasteiger partial charge in [-0.1, -0.05) is 43.4 Å². The summed E-state index contributed by atoms with van der Waals surface area (Å²) in [7, 11) is 0. The number of benzene rings is 1. The third-order valence-corrected chi connectivity index (χ3v) is 2.89. The summed E-state index contributed by atoms with van der Waals surface area (Å²) in [5.74, 6) is 2.11. The van der Waals surface area contributed by atoms with Crippen molar-refractivity contribution in [2.45, 2.75) is 12.7 Å². The predicted octanol–water partition coefficient (Wildman–Crippen LogP) is 2.57. The van der Waals surface area contributed by atoms with E-state index >= 15 is 0 Å². The van der Waals surface area contributed by atoms with Crippen LogP contribution in [0.3, 0.4) is 0 Å². The topological polar surface area (TPSA) is 26.0 Å². The van der Waals surface area contributed by atoms with E-state index in [1.54, 1.807) is 0 Å². The highest BCUT2D eigenvalue weighted by atomic mass is 32.2. The van der Waals surface area contributed by atoms with Crippen molar-refractivity contribution in [3.05, 3.63) is 35.4 Å². The zero-order valence-corrected chi connectivity index (χ0v) is 9.25. The minimum atomic E-state index is 0.493. The molecule has 0 aliphatic rings. The summed E-state index contributed by atoms with van der Waals surface area (Å²) in [6.45, 7) is 2.15. The summed E-state index contributed by atoms with van der Waals surface area (Å²) < 4.78 is 0. The molecular weight excluding hydrogens is 198 g/mol. The van der Waals surface area contributed by atoms with Crippen LogP contribution in [0, 0.1) is 0 Å². The molecule has 2 N–H and O–H groups in total. The van der Waals surface area contributed by atoms with Crippen molar-refractivity contribution >= 4 is 29.0 Å². The van der Waals surface area contributed by atoms with Gasteiger partial charge in [-0.05, 0) is 11.3 Å². The molecule has 0 spiro atoms. The molecule has 1 nitrogen and oxygen atoms in total. The second kappa shape index (κ2) is 5.25. The van der Waals surface area contributed by atoms with E-state index in [0.717, 1.165) is 17.1 Å². The first-order chi connectivity index (χ1) is 6.25. The molecule has 0 fully saturated rings. The fourth-order valence-electron chi connectivity index (χ4n) is 1.10. The molecule has 13 heavy (non-hydrogen) atoms. The van der Waals surface area contributed by atoms with Crippen molar-refractivity contribution in [1.82, 2.24) is 0 Å². The van der Waals surface area contributed by atoms with Gasteiger partial charge < -0.3 is 5.73 Å². The Labute approximate surface area is 88.7 Å². The Bertz CT molecular complexity index is 297. The Morgan fingerprint density at radius 3 is 2.77 bits per heavy atom. The highest BCUT2D eigenvalue weighted by molar-refractivity contribution is 7.98. The molecule has 3 heteroatoms. The minimum absolute atomic E-state index is 0.493. The fraction of sp³-hybridized carbons (Fsp3) is 0.300. The summed E-state index contributed by atoms with van der Waals surface area (Å²) >= 11 is 6.85. The molecular formula is C10H13NS2. The van der Waals surface area contributed by atoms with E-state index < -0.39 is 0 Å². The van der Waals surface area contributed by atoms with Crippen LogP contribution in [0.2, 0.25) is 0 Å². The summed E-state index contributed by atoms with van der Waals surface area (Å²) in [6.07, 6.45) is 0. The molecule has 0 amide bonds. The van der Waals surface area contributed by atoms with Gasteiger partial charge in [0.05, 0.1) is 0 Å². The molecule has 1 rings (SSSR count). The summed E-state index contributed by atoms with van der Waals surface area (Å²) in [6, 6.07) is 8.05. The van der Waals surface area contributed by atoms with Crippen molar-refractivity contribution in [3.63, 3.8) is 0 Å². The molecule has 0 atom stereocenters. The van der Waals surface area contributed by atoms with E-state index in [-0.39, 0.29) is 0 Å². The van der Waals surface area contributed by atoms with Gasteiger partial charge in [0.1, 0.15) is 4.99 Å². The van der Waals surface area contributed by atoms with Crippen molar-refractivity contribution in [3.8, 4) is 0 Å². The first-order valence-corrected chi connectivity index (χ1v) is 5.77. The minimum Gasteiger partial charge on any atom is -0.389 e. The molecule has 0 aromatic heterocycles. The Morgan fingerprint density at radius 1 is 1.46 bits per heavy atom. The Morgan fingerprint density at radius 2 is 2.15 bits per heavy atom. The molecule has 70 valence electrons. The van der Waals surface area contributed by atoms with E-state index in [4.69, 9.17) is 18.0 Å². The molecule has 0 unspecified atom stereocenters. The Hall–Kier alpha value is -0.540. The van der Waals surface area contributed by atoms with Gasteiger partial charge in [0.25, 0.3) is 0 Å². The van der Waals surface area contributed by atoms with Crippen LogP contribution in [-0.2, 0) is 5.75 Å². The first-order valence-electron chi connectivity index (χ1n) is 4.21. The normalized spacial score (nSPS) is 9.92. The van der Waals surface area contributed by atoms with Gasteiger partial charge in [0, 0.05) is 11.3 Å². The van der Waals surface area contributed by atoms with Gasteiger partial charge in [-0.3, -0.25) is 0 Å². The van der Waals surface area contributed by atoms with Crippen molar-refractivity contribution in [2.24, 2.45) is 5.73 Å². The van der Waals surface area contributed by atoms with Gasteiger partial charge >= 0.3 is 0 Å². The fourth-order valence-corrected chi connectivity index (χ4v) is 1.97. The Kier molecular flexibility index (Phi) is 4.25. The number of rotatable bonds is 4. The van der Waals surface area contributed by atoms with Crippen molar-refractivity contribution < 1.29 is 0 Å².